The summed E-state index contributed by atoms with van der Waals surface area (Å²) in [6.45, 7) is 2.90. The molecule has 3 rings (SSSR count). The van der Waals surface area contributed by atoms with Crippen LogP contribution in [-0.4, -0.2) is 32.8 Å². The molecule has 0 N–H and O–H groups in total. The van der Waals surface area contributed by atoms with Gasteiger partial charge in [0, 0.05) is 23.0 Å². The molecule has 0 radical (unpaired) electrons. The van der Waals surface area contributed by atoms with E-state index in [1.165, 1.54) is 5.56 Å². The van der Waals surface area contributed by atoms with Crippen molar-refractivity contribution >= 4 is 10.8 Å². The molecule has 1 saturated heterocycles. The summed E-state index contributed by atoms with van der Waals surface area (Å²) in [5.74, 6) is 1.81. The van der Waals surface area contributed by atoms with Gasteiger partial charge >= 0.3 is 0 Å². The minimum absolute atomic E-state index is 0.105. The predicted molar refractivity (Wildman–Crippen MR) is 89.4 cm³/mol. The van der Waals surface area contributed by atoms with Gasteiger partial charge in [-0.1, -0.05) is 36.3 Å². The molecule has 23 heavy (non-hydrogen) atoms. The Labute approximate surface area is 138 Å². The quantitative estimate of drug-likeness (QED) is 0.812. The van der Waals surface area contributed by atoms with Crippen molar-refractivity contribution in [2.45, 2.75) is 44.5 Å². The molecule has 1 aliphatic rings. The molecule has 0 spiro atoms. The van der Waals surface area contributed by atoms with Crippen LogP contribution in [0.15, 0.2) is 28.8 Å². The minimum Gasteiger partial charge on any atom is -0.377 e. The Morgan fingerprint density at radius 2 is 2.09 bits per heavy atom. The van der Waals surface area contributed by atoms with Crippen LogP contribution in [0.3, 0.4) is 0 Å². The standard InChI is InChI=1S/C17H22N2O3S/c1-2-13-6-8-14(9-7-13)17-18-16(22-19-17)12-23(20)11-15-5-3-4-10-21-15/h6-9,15H,2-5,10-12H2,1H3. The number of hydrogen-bond donors (Lipinski definition) is 0. The average molecular weight is 334 g/mol. The van der Waals surface area contributed by atoms with E-state index in [1.54, 1.807) is 0 Å². The maximum absolute atomic E-state index is 12.2. The first-order chi connectivity index (χ1) is 11.2. The highest BCUT2D eigenvalue weighted by atomic mass is 32.2. The van der Waals surface area contributed by atoms with Crippen LogP contribution in [0.2, 0.25) is 0 Å². The van der Waals surface area contributed by atoms with Gasteiger partial charge in [-0.05, 0) is 31.2 Å². The van der Waals surface area contributed by atoms with E-state index in [0.29, 0.717) is 23.2 Å². The molecule has 0 saturated carbocycles. The van der Waals surface area contributed by atoms with Gasteiger partial charge in [0.05, 0.1) is 11.9 Å². The Balaban J connectivity index is 1.58. The summed E-state index contributed by atoms with van der Waals surface area (Å²) < 4.78 is 23.1. The zero-order valence-electron chi connectivity index (χ0n) is 13.4. The molecule has 6 heteroatoms. The number of hydrogen-bond acceptors (Lipinski definition) is 5. The molecule has 124 valence electrons. The second-order valence-corrected chi connectivity index (χ2v) is 7.30. The molecule has 2 unspecified atom stereocenters. The second-order valence-electron chi connectivity index (χ2n) is 5.80. The SMILES string of the molecule is CCc1ccc(-c2noc(CS(=O)CC3CCCCO3)n2)cc1. The number of rotatable bonds is 6. The monoisotopic (exact) mass is 334 g/mol. The lowest BCUT2D eigenvalue weighted by molar-refractivity contribution is 0.0310. The van der Waals surface area contributed by atoms with Gasteiger partial charge in [-0.25, -0.2) is 0 Å². The Bertz CT molecular complexity index is 648. The number of aromatic nitrogens is 2. The second kappa shape index (κ2) is 7.84. The van der Waals surface area contributed by atoms with Crippen LogP contribution >= 0.6 is 0 Å². The molecular weight excluding hydrogens is 312 g/mol. The Kier molecular flexibility index (Phi) is 5.56. The van der Waals surface area contributed by atoms with E-state index >= 15 is 0 Å². The van der Waals surface area contributed by atoms with Crippen molar-refractivity contribution in [3.8, 4) is 11.4 Å². The van der Waals surface area contributed by atoms with Gasteiger partial charge < -0.3 is 9.26 Å². The molecule has 1 aliphatic heterocycles. The molecular formula is C17H22N2O3S. The lowest BCUT2D eigenvalue weighted by Gasteiger charge is -2.21. The van der Waals surface area contributed by atoms with Crippen LogP contribution in [-0.2, 0) is 27.7 Å². The van der Waals surface area contributed by atoms with Gasteiger partial charge in [0.2, 0.25) is 11.7 Å². The molecule has 2 atom stereocenters. The summed E-state index contributed by atoms with van der Waals surface area (Å²) in [5.41, 5.74) is 2.18. The van der Waals surface area contributed by atoms with Crippen LogP contribution in [0.1, 0.15) is 37.6 Å². The number of benzene rings is 1. The highest BCUT2D eigenvalue weighted by molar-refractivity contribution is 7.84. The fraction of sp³-hybridized carbons (Fsp3) is 0.529. The van der Waals surface area contributed by atoms with Crippen LogP contribution in [0.4, 0.5) is 0 Å². The molecule has 2 aromatic rings. The number of aryl methyl sites for hydroxylation is 1. The highest BCUT2D eigenvalue weighted by Crippen LogP contribution is 2.18. The normalized spacial score (nSPS) is 19.6. The number of ether oxygens (including phenoxy) is 1. The van der Waals surface area contributed by atoms with E-state index in [0.717, 1.165) is 37.9 Å². The van der Waals surface area contributed by atoms with Crippen LogP contribution in [0.5, 0.6) is 0 Å². The average Bonchev–Trinajstić information content (AvgIpc) is 3.04. The van der Waals surface area contributed by atoms with E-state index in [-0.39, 0.29) is 6.10 Å². The van der Waals surface area contributed by atoms with Crippen molar-refractivity contribution in [1.29, 1.82) is 0 Å². The van der Waals surface area contributed by atoms with Crippen LogP contribution < -0.4 is 0 Å². The summed E-state index contributed by atoms with van der Waals surface area (Å²) in [6.07, 6.45) is 4.35. The molecule has 1 aromatic heterocycles. The van der Waals surface area contributed by atoms with Gasteiger partial charge in [0.15, 0.2) is 0 Å². The number of nitrogens with zero attached hydrogens (tertiary/aromatic N) is 2. The first-order valence-corrected chi connectivity index (χ1v) is 9.62. The van der Waals surface area contributed by atoms with E-state index < -0.39 is 10.8 Å². The third kappa shape index (κ3) is 4.48. The smallest absolute Gasteiger partial charge is 0.239 e. The van der Waals surface area contributed by atoms with Crippen molar-refractivity contribution in [2.75, 3.05) is 12.4 Å². The largest absolute Gasteiger partial charge is 0.377 e. The third-order valence-corrected chi connectivity index (χ3v) is 5.33. The summed E-state index contributed by atoms with van der Waals surface area (Å²) in [6, 6.07) is 8.09. The molecule has 1 aromatic carbocycles. The lowest BCUT2D eigenvalue weighted by atomic mass is 10.1. The van der Waals surface area contributed by atoms with E-state index in [2.05, 4.69) is 29.2 Å². The Hall–Kier alpha value is -1.53. The lowest BCUT2D eigenvalue weighted by Crippen LogP contribution is -2.25. The van der Waals surface area contributed by atoms with Gasteiger partial charge in [-0.2, -0.15) is 4.98 Å². The first kappa shape index (κ1) is 16.3. The Morgan fingerprint density at radius 3 is 2.78 bits per heavy atom. The van der Waals surface area contributed by atoms with Crippen molar-refractivity contribution in [3.05, 3.63) is 35.7 Å². The highest BCUT2D eigenvalue weighted by Gasteiger charge is 2.19. The van der Waals surface area contributed by atoms with Gasteiger partial charge in [0.25, 0.3) is 0 Å². The van der Waals surface area contributed by atoms with Crippen molar-refractivity contribution in [1.82, 2.24) is 10.1 Å². The maximum Gasteiger partial charge on any atom is 0.239 e. The molecule has 1 fully saturated rings. The predicted octanol–water partition coefficient (Wildman–Crippen LogP) is 3.12. The van der Waals surface area contributed by atoms with E-state index in [4.69, 9.17) is 9.26 Å². The van der Waals surface area contributed by atoms with Crippen molar-refractivity contribution in [3.63, 3.8) is 0 Å². The zero-order valence-corrected chi connectivity index (χ0v) is 14.2. The molecule has 0 aliphatic carbocycles. The summed E-state index contributed by atoms with van der Waals surface area (Å²) in [7, 11) is -1.04. The molecule has 0 amide bonds. The maximum atomic E-state index is 12.2. The zero-order chi connectivity index (χ0) is 16.1. The van der Waals surface area contributed by atoms with Crippen LogP contribution in [0, 0.1) is 0 Å². The van der Waals surface area contributed by atoms with Gasteiger partial charge in [0.1, 0.15) is 5.75 Å². The van der Waals surface area contributed by atoms with Crippen molar-refractivity contribution in [2.24, 2.45) is 0 Å². The summed E-state index contributed by atoms with van der Waals surface area (Å²) in [5, 5.41) is 3.99. The van der Waals surface area contributed by atoms with Crippen molar-refractivity contribution < 1.29 is 13.5 Å². The third-order valence-electron chi connectivity index (χ3n) is 4.02. The van der Waals surface area contributed by atoms with Crippen LogP contribution in [0.25, 0.3) is 11.4 Å². The van der Waals surface area contributed by atoms with Gasteiger partial charge in [-0.3, -0.25) is 4.21 Å². The van der Waals surface area contributed by atoms with Gasteiger partial charge in [-0.15, -0.1) is 0 Å². The fourth-order valence-electron chi connectivity index (χ4n) is 2.66. The Morgan fingerprint density at radius 1 is 1.26 bits per heavy atom. The topological polar surface area (TPSA) is 65.2 Å². The molecule has 2 heterocycles. The minimum atomic E-state index is -1.04. The summed E-state index contributed by atoms with van der Waals surface area (Å²) in [4.78, 5) is 4.36. The first-order valence-electron chi connectivity index (χ1n) is 8.13. The van der Waals surface area contributed by atoms with E-state index in [9.17, 15) is 4.21 Å². The molecule has 5 nitrogen and oxygen atoms in total. The fourth-order valence-corrected chi connectivity index (χ4v) is 3.85. The summed E-state index contributed by atoms with van der Waals surface area (Å²) >= 11 is 0. The van der Waals surface area contributed by atoms with E-state index in [1.807, 2.05) is 12.1 Å². The molecule has 0 bridgehead atoms.